The number of carbonyl (C=O) groups is 2. The molecule has 1 aliphatic heterocycles. The van der Waals surface area contributed by atoms with Gasteiger partial charge in [0, 0.05) is 49.4 Å². The minimum Gasteiger partial charge on any atom is -0.492 e. The Morgan fingerprint density at radius 2 is 2.24 bits per heavy atom. The van der Waals surface area contributed by atoms with Crippen molar-refractivity contribution in [1.29, 1.82) is 0 Å². The average molecular weight is 343 g/mol. The van der Waals surface area contributed by atoms with Crippen LogP contribution in [0.15, 0.2) is 24.3 Å². The number of hydrogen-bond donors (Lipinski definition) is 4. The van der Waals surface area contributed by atoms with Crippen molar-refractivity contribution in [2.75, 3.05) is 25.0 Å². The summed E-state index contributed by atoms with van der Waals surface area (Å²) in [5.41, 5.74) is 3.07. The van der Waals surface area contributed by atoms with Crippen molar-refractivity contribution in [1.82, 2.24) is 20.8 Å². The van der Waals surface area contributed by atoms with E-state index in [1.54, 1.807) is 24.3 Å². The number of aromatic nitrogens is 2. The number of hydrogen-bond acceptors (Lipinski definition) is 5. The minimum absolute atomic E-state index is 0.138. The molecular formula is C17H21N5O3. The number of rotatable bonds is 6. The number of nitrogens with zero attached hydrogens (tertiary/aromatic N) is 1. The number of aromatic amines is 1. The summed E-state index contributed by atoms with van der Waals surface area (Å²) in [5.74, 6) is 0.278. The number of nitrogens with one attached hydrogen (secondary N) is 4. The van der Waals surface area contributed by atoms with E-state index in [-0.39, 0.29) is 11.8 Å². The fraction of sp³-hybridized carbons (Fsp3) is 0.353. The Kier molecular flexibility index (Phi) is 5.30. The summed E-state index contributed by atoms with van der Waals surface area (Å²) in [6, 6.07) is 7.11. The van der Waals surface area contributed by atoms with Crippen molar-refractivity contribution in [2.45, 2.75) is 19.9 Å². The van der Waals surface area contributed by atoms with E-state index in [4.69, 9.17) is 4.74 Å². The van der Waals surface area contributed by atoms with E-state index in [0.29, 0.717) is 36.8 Å². The first-order chi connectivity index (χ1) is 12.1. The van der Waals surface area contributed by atoms with Gasteiger partial charge in [0.2, 0.25) is 5.91 Å². The highest BCUT2D eigenvalue weighted by Crippen LogP contribution is 2.17. The molecule has 0 saturated carbocycles. The second kappa shape index (κ2) is 7.80. The van der Waals surface area contributed by atoms with Crippen molar-refractivity contribution >= 4 is 17.5 Å². The Bertz CT molecular complexity index is 771. The van der Waals surface area contributed by atoms with Gasteiger partial charge in [0.25, 0.3) is 5.91 Å². The van der Waals surface area contributed by atoms with Crippen LogP contribution in [0.2, 0.25) is 0 Å². The molecule has 0 radical (unpaired) electrons. The molecule has 132 valence electrons. The van der Waals surface area contributed by atoms with Gasteiger partial charge in [0.1, 0.15) is 12.4 Å². The molecule has 8 nitrogen and oxygen atoms in total. The molecule has 2 heterocycles. The lowest BCUT2D eigenvalue weighted by Gasteiger charge is -2.13. The van der Waals surface area contributed by atoms with E-state index in [1.807, 2.05) is 0 Å². The maximum Gasteiger partial charge on any atom is 0.272 e. The quantitative estimate of drug-likeness (QED) is 0.581. The molecule has 0 unspecified atom stereocenters. The van der Waals surface area contributed by atoms with Crippen molar-refractivity contribution < 1.29 is 14.3 Å². The number of amides is 2. The van der Waals surface area contributed by atoms with Crippen molar-refractivity contribution in [3.63, 3.8) is 0 Å². The molecule has 0 fully saturated rings. The molecule has 2 amide bonds. The molecule has 0 atom stereocenters. The van der Waals surface area contributed by atoms with Gasteiger partial charge in [0.05, 0.1) is 6.54 Å². The molecule has 1 aromatic carbocycles. The van der Waals surface area contributed by atoms with Crippen LogP contribution in [0.5, 0.6) is 5.75 Å². The predicted molar refractivity (Wildman–Crippen MR) is 92.6 cm³/mol. The average Bonchev–Trinajstić information content (AvgIpc) is 3.02. The molecule has 2 aromatic rings. The molecule has 25 heavy (non-hydrogen) atoms. The third-order valence-corrected chi connectivity index (χ3v) is 3.83. The van der Waals surface area contributed by atoms with Gasteiger partial charge in [0.15, 0.2) is 5.69 Å². The zero-order valence-electron chi connectivity index (χ0n) is 14.0. The standard InChI is InChI=1S/C17H21N5O3/c1-11(23)20-12-3-2-4-13(9-12)25-8-7-19-17(24)16-14-10-18-6-5-15(14)21-22-16/h2-4,9,18H,5-8,10H2,1H3,(H,19,24)(H,20,23)(H,21,22). The van der Waals surface area contributed by atoms with E-state index < -0.39 is 0 Å². The van der Waals surface area contributed by atoms with Crippen LogP contribution in [-0.4, -0.2) is 41.7 Å². The van der Waals surface area contributed by atoms with E-state index >= 15 is 0 Å². The van der Waals surface area contributed by atoms with Crippen LogP contribution in [0.25, 0.3) is 0 Å². The molecule has 1 aromatic heterocycles. The number of ether oxygens (including phenoxy) is 1. The topological polar surface area (TPSA) is 108 Å². The van der Waals surface area contributed by atoms with Crippen molar-refractivity contribution in [2.24, 2.45) is 0 Å². The molecular weight excluding hydrogens is 322 g/mol. The van der Waals surface area contributed by atoms with Crippen LogP contribution in [0.3, 0.4) is 0 Å². The third-order valence-electron chi connectivity index (χ3n) is 3.83. The van der Waals surface area contributed by atoms with Crippen LogP contribution in [0, 0.1) is 0 Å². The zero-order valence-corrected chi connectivity index (χ0v) is 14.0. The summed E-state index contributed by atoms with van der Waals surface area (Å²) < 4.78 is 5.60. The first-order valence-electron chi connectivity index (χ1n) is 8.19. The maximum absolute atomic E-state index is 12.2. The smallest absolute Gasteiger partial charge is 0.272 e. The Morgan fingerprint density at radius 3 is 3.08 bits per heavy atom. The van der Waals surface area contributed by atoms with Gasteiger partial charge in [-0.25, -0.2) is 0 Å². The highest BCUT2D eigenvalue weighted by molar-refractivity contribution is 5.94. The van der Waals surface area contributed by atoms with Gasteiger partial charge in [-0.05, 0) is 12.1 Å². The van der Waals surface area contributed by atoms with Crippen LogP contribution >= 0.6 is 0 Å². The first kappa shape index (κ1) is 17.0. The Morgan fingerprint density at radius 1 is 1.36 bits per heavy atom. The SMILES string of the molecule is CC(=O)Nc1cccc(OCCNC(=O)c2n[nH]c3c2CNCC3)c1. The van der Waals surface area contributed by atoms with E-state index in [1.165, 1.54) is 6.92 Å². The van der Waals surface area contributed by atoms with Gasteiger partial charge in [-0.3, -0.25) is 14.7 Å². The lowest BCUT2D eigenvalue weighted by Crippen LogP contribution is -2.31. The fourth-order valence-corrected chi connectivity index (χ4v) is 2.70. The summed E-state index contributed by atoms with van der Waals surface area (Å²) in [4.78, 5) is 23.3. The maximum atomic E-state index is 12.2. The fourth-order valence-electron chi connectivity index (χ4n) is 2.70. The van der Waals surface area contributed by atoms with Crippen molar-refractivity contribution in [3.05, 3.63) is 41.2 Å². The van der Waals surface area contributed by atoms with Gasteiger partial charge in [-0.15, -0.1) is 0 Å². The molecule has 1 aliphatic rings. The van der Waals surface area contributed by atoms with Crippen molar-refractivity contribution in [3.8, 4) is 5.75 Å². The Balaban J connectivity index is 1.48. The number of carbonyl (C=O) groups excluding carboxylic acids is 2. The monoisotopic (exact) mass is 343 g/mol. The van der Waals surface area contributed by atoms with Gasteiger partial charge < -0.3 is 20.7 Å². The normalized spacial score (nSPS) is 13.0. The summed E-state index contributed by atoms with van der Waals surface area (Å²) in [5, 5.41) is 15.8. The summed E-state index contributed by atoms with van der Waals surface area (Å²) in [7, 11) is 0. The van der Waals surface area contributed by atoms with Gasteiger partial charge in [-0.1, -0.05) is 6.07 Å². The second-order valence-corrected chi connectivity index (χ2v) is 5.77. The van der Waals surface area contributed by atoms with Crippen LogP contribution in [0.4, 0.5) is 5.69 Å². The van der Waals surface area contributed by atoms with Gasteiger partial charge in [-0.2, -0.15) is 5.10 Å². The van der Waals surface area contributed by atoms with E-state index in [9.17, 15) is 9.59 Å². The minimum atomic E-state index is -0.211. The van der Waals surface area contributed by atoms with Gasteiger partial charge >= 0.3 is 0 Å². The number of anilines is 1. The molecule has 3 rings (SSSR count). The summed E-state index contributed by atoms with van der Waals surface area (Å²) in [6.07, 6.45) is 0.851. The van der Waals surface area contributed by atoms with E-state index in [0.717, 1.165) is 24.2 Å². The second-order valence-electron chi connectivity index (χ2n) is 5.77. The molecule has 4 N–H and O–H groups in total. The molecule has 0 saturated heterocycles. The zero-order chi connectivity index (χ0) is 17.6. The lowest BCUT2D eigenvalue weighted by atomic mass is 10.1. The number of fused-ring (bicyclic) bond motifs is 1. The third kappa shape index (κ3) is 4.36. The highest BCUT2D eigenvalue weighted by atomic mass is 16.5. The molecule has 0 bridgehead atoms. The molecule has 0 aliphatic carbocycles. The van der Waals surface area contributed by atoms with Crippen LogP contribution < -0.4 is 20.7 Å². The summed E-state index contributed by atoms with van der Waals surface area (Å²) in [6.45, 7) is 3.67. The first-order valence-corrected chi connectivity index (χ1v) is 8.19. The Labute approximate surface area is 145 Å². The largest absolute Gasteiger partial charge is 0.492 e. The number of H-pyrrole nitrogens is 1. The van der Waals surface area contributed by atoms with Crippen LogP contribution in [0.1, 0.15) is 28.7 Å². The summed E-state index contributed by atoms with van der Waals surface area (Å²) >= 11 is 0. The predicted octanol–water partition coefficient (Wildman–Crippen LogP) is 0.823. The van der Waals surface area contributed by atoms with Crippen LogP contribution in [-0.2, 0) is 17.8 Å². The van der Waals surface area contributed by atoms with E-state index in [2.05, 4.69) is 26.1 Å². The highest BCUT2D eigenvalue weighted by Gasteiger charge is 2.21. The number of benzene rings is 1. The molecule has 0 spiro atoms. The lowest BCUT2D eigenvalue weighted by molar-refractivity contribution is -0.114. The Hall–Kier alpha value is -2.87. The molecule has 8 heteroatoms.